The zero-order chi connectivity index (χ0) is 28.3. The molecule has 0 fully saturated rings. The third-order valence-electron chi connectivity index (χ3n) is 7.67. The van der Waals surface area contributed by atoms with E-state index in [0.29, 0.717) is 18.0 Å². The van der Waals surface area contributed by atoms with E-state index in [0.717, 1.165) is 36.0 Å². The Morgan fingerprint density at radius 1 is 0.600 bits per heavy atom. The maximum Gasteiger partial charge on any atom is 0.159 e. The van der Waals surface area contributed by atoms with Crippen molar-refractivity contribution >= 4 is 0 Å². The number of unbranched alkanes of at least 4 members (excludes halogenated alkanes) is 12. The fourth-order valence-electron chi connectivity index (χ4n) is 5.07. The first kappa shape index (κ1) is 31.8. The van der Waals surface area contributed by atoms with E-state index in [4.69, 9.17) is 4.74 Å². The maximum atomic E-state index is 14.2. The zero-order valence-corrected chi connectivity index (χ0v) is 25.1. The van der Waals surface area contributed by atoms with Crippen LogP contribution in [0.5, 0.6) is 5.75 Å². The number of nitrogens with zero attached hydrogens (tertiary/aromatic N) is 2. The molecule has 0 aliphatic carbocycles. The summed E-state index contributed by atoms with van der Waals surface area (Å²) in [6.45, 7) is 4.60. The van der Waals surface area contributed by atoms with E-state index in [1.54, 1.807) is 0 Å². The summed E-state index contributed by atoms with van der Waals surface area (Å²) in [5.74, 6) is 1.35. The molecule has 1 unspecified atom stereocenters. The van der Waals surface area contributed by atoms with Crippen molar-refractivity contribution in [1.82, 2.24) is 9.97 Å². The number of rotatable bonds is 21. The monoisotopic (exact) mass is 546 g/mol. The molecule has 1 atom stereocenters. The fraction of sp³-hybridized carbons (Fsp3) is 0.556. The van der Waals surface area contributed by atoms with Crippen LogP contribution in [-0.4, -0.2) is 22.7 Å². The summed E-state index contributed by atoms with van der Waals surface area (Å²) in [6, 6.07) is 16.4. The largest absolute Gasteiger partial charge is 0.491 e. The summed E-state index contributed by atoms with van der Waals surface area (Å²) < 4.78 is 19.9. The molecule has 3 nitrogen and oxygen atoms in total. The average Bonchev–Trinajstić information content (AvgIpc) is 3.00. The molecule has 3 rings (SSSR count). The van der Waals surface area contributed by atoms with Gasteiger partial charge in [-0.15, -0.1) is 0 Å². The van der Waals surface area contributed by atoms with Crippen molar-refractivity contribution in [3.05, 3.63) is 66.5 Å². The van der Waals surface area contributed by atoms with Crippen LogP contribution in [0.2, 0.25) is 0 Å². The van der Waals surface area contributed by atoms with Gasteiger partial charge < -0.3 is 4.74 Å². The predicted octanol–water partition coefficient (Wildman–Crippen LogP) is 11.0. The molecular weight excluding hydrogens is 495 g/mol. The first-order valence-corrected chi connectivity index (χ1v) is 16.0. The Labute approximate surface area is 243 Å². The van der Waals surface area contributed by atoms with Crippen LogP contribution in [-0.2, 0) is 6.42 Å². The molecule has 0 saturated heterocycles. The molecule has 0 spiro atoms. The Kier molecular flexibility index (Phi) is 15.4. The van der Waals surface area contributed by atoms with E-state index in [9.17, 15) is 4.39 Å². The van der Waals surface area contributed by atoms with Crippen LogP contribution >= 0.6 is 0 Å². The lowest BCUT2D eigenvalue weighted by Gasteiger charge is -2.11. The van der Waals surface area contributed by atoms with Gasteiger partial charge in [0.15, 0.2) is 5.82 Å². The lowest BCUT2D eigenvalue weighted by molar-refractivity contribution is 0.184. The molecule has 1 aromatic heterocycles. The molecular formula is C36H51FN2O. The van der Waals surface area contributed by atoms with Crippen molar-refractivity contribution in [3.8, 4) is 28.3 Å². The quantitative estimate of drug-likeness (QED) is 0.125. The van der Waals surface area contributed by atoms with Crippen molar-refractivity contribution in [1.29, 1.82) is 0 Å². The van der Waals surface area contributed by atoms with Crippen molar-refractivity contribution in [3.63, 3.8) is 0 Å². The summed E-state index contributed by atoms with van der Waals surface area (Å²) in [4.78, 5) is 9.19. The minimum atomic E-state index is -0.916. The Balaban J connectivity index is 1.38. The van der Waals surface area contributed by atoms with Gasteiger partial charge in [-0.3, -0.25) is 0 Å². The van der Waals surface area contributed by atoms with Gasteiger partial charge in [-0.25, -0.2) is 14.4 Å². The van der Waals surface area contributed by atoms with Gasteiger partial charge in [-0.2, -0.15) is 0 Å². The highest BCUT2D eigenvalue weighted by molar-refractivity contribution is 5.64. The van der Waals surface area contributed by atoms with E-state index in [1.165, 1.54) is 82.6 Å². The minimum absolute atomic E-state index is 0.109. The molecule has 40 heavy (non-hydrogen) atoms. The molecule has 0 N–H and O–H groups in total. The van der Waals surface area contributed by atoms with Crippen molar-refractivity contribution in [2.75, 3.05) is 6.61 Å². The smallest absolute Gasteiger partial charge is 0.159 e. The Hall–Kier alpha value is -2.75. The first-order chi connectivity index (χ1) is 19.7. The van der Waals surface area contributed by atoms with Crippen LogP contribution in [0, 0.1) is 0 Å². The molecule has 0 bridgehead atoms. The van der Waals surface area contributed by atoms with Gasteiger partial charge >= 0.3 is 0 Å². The standard InChI is InChI=1S/C36H51FN2O/c1-3-5-7-9-11-13-15-17-30-19-21-31(22-20-30)33-27-38-36(39-28-33)32-23-25-35(26-24-32)40-29-34(37)18-16-14-12-10-8-6-4-2/h19-28,34H,3-18,29H2,1-2H3. The fourth-order valence-corrected chi connectivity index (χ4v) is 5.07. The third kappa shape index (κ3) is 12.2. The number of ether oxygens (including phenoxy) is 1. The summed E-state index contributed by atoms with van der Waals surface area (Å²) in [7, 11) is 0. The highest BCUT2D eigenvalue weighted by Crippen LogP contribution is 2.24. The lowest BCUT2D eigenvalue weighted by Crippen LogP contribution is -2.12. The van der Waals surface area contributed by atoms with Gasteiger partial charge in [0.1, 0.15) is 18.5 Å². The van der Waals surface area contributed by atoms with E-state index in [1.807, 2.05) is 36.7 Å². The van der Waals surface area contributed by atoms with Crippen molar-refractivity contribution in [2.45, 2.75) is 123 Å². The van der Waals surface area contributed by atoms with Gasteiger partial charge in [0, 0.05) is 23.5 Å². The van der Waals surface area contributed by atoms with E-state index < -0.39 is 6.17 Å². The summed E-state index contributed by atoms with van der Waals surface area (Å²) >= 11 is 0. The molecule has 0 amide bonds. The molecule has 218 valence electrons. The SMILES string of the molecule is CCCCCCCCCc1ccc(-c2cnc(-c3ccc(OCC(F)CCCCCCCCC)cc3)nc2)cc1. The number of hydrogen-bond donors (Lipinski definition) is 0. The number of aryl methyl sites for hydroxylation is 1. The molecule has 2 aromatic carbocycles. The average molecular weight is 547 g/mol. The van der Waals surface area contributed by atoms with E-state index in [-0.39, 0.29) is 6.61 Å². The number of hydrogen-bond acceptors (Lipinski definition) is 3. The summed E-state index contributed by atoms with van der Waals surface area (Å²) in [5, 5.41) is 0. The number of benzene rings is 2. The Morgan fingerprint density at radius 3 is 1.73 bits per heavy atom. The second-order valence-corrected chi connectivity index (χ2v) is 11.2. The number of aromatic nitrogens is 2. The molecule has 0 saturated carbocycles. The molecule has 1 heterocycles. The van der Waals surface area contributed by atoms with Gasteiger partial charge in [0.05, 0.1) is 0 Å². The summed E-state index contributed by atoms with van der Waals surface area (Å²) in [6.07, 6.45) is 22.4. The van der Waals surface area contributed by atoms with Crippen LogP contribution in [0.15, 0.2) is 60.9 Å². The highest BCUT2D eigenvalue weighted by atomic mass is 19.1. The van der Waals surface area contributed by atoms with Crippen molar-refractivity contribution < 1.29 is 9.13 Å². The summed E-state index contributed by atoms with van der Waals surface area (Å²) in [5.41, 5.74) is 4.47. The second kappa shape index (κ2) is 19.3. The molecule has 0 aliphatic rings. The van der Waals surface area contributed by atoms with Crippen molar-refractivity contribution in [2.24, 2.45) is 0 Å². The van der Waals surface area contributed by atoms with Crippen LogP contribution in [0.1, 0.15) is 116 Å². The predicted molar refractivity (Wildman–Crippen MR) is 168 cm³/mol. The zero-order valence-electron chi connectivity index (χ0n) is 25.1. The first-order valence-electron chi connectivity index (χ1n) is 16.0. The third-order valence-corrected chi connectivity index (χ3v) is 7.67. The van der Waals surface area contributed by atoms with Gasteiger partial charge in [0.25, 0.3) is 0 Å². The number of halogens is 1. The second-order valence-electron chi connectivity index (χ2n) is 11.2. The molecule has 3 aromatic rings. The molecule has 0 aliphatic heterocycles. The molecule has 4 heteroatoms. The molecule has 0 radical (unpaired) electrons. The normalized spacial score (nSPS) is 12.0. The van der Waals surface area contributed by atoms with Gasteiger partial charge in [-0.05, 0) is 54.7 Å². The van der Waals surface area contributed by atoms with Gasteiger partial charge in [-0.1, -0.05) is 122 Å². The van der Waals surface area contributed by atoms with Crippen LogP contribution in [0.25, 0.3) is 22.5 Å². The lowest BCUT2D eigenvalue weighted by atomic mass is 10.0. The topological polar surface area (TPSA) is 35.0 Å². The van der Waals surface area contributed by atoms with Crippen LogP contribution < -0.4 is 4.74 Å². The maximum absolute atomic E-state index is 14.2. The van der Waals surface area contributed by atoms with Crippen LogP contribution in [0.4, 0.5) is 4.39 Å². The van der Waals surface area contributed by atoms with Crippen LogP contribution in [0.3, 0.4) is 0 Å². The Bertz CT molecular complexity index is 1030. The van der Waals surface area contributed by atoms with E-state index >= 15 is 0 Å². The van der Waals surface area contributed by atoms with E-state index in [2.05, 4.69) is 48.1 Å². The number of alkyl halides is 1. The minimum Gasteiger partial charge on any atom is -0.491 e. The highest BCUT2D eigenvalue weighted by Gasteiger charge is 2.09. The Morgan fingerprint density at radius 2 is 1.12 bits per heavy atom. The van der Waals surface area contributed by atoms with Gasteiger partial charge in [0.2, 0.25) is 0 Å².